The van der Waals surface area contributed by atoms with Gasteiger partial charge in [0.05, 0.1) is 6.20 Å². The summed E-state index contributed by atoms with van der Waals surface area (Å²) in [6.07, 6.45) is 3.79. The van der Waals surface area contributed by atoms with Crippen LogP contribution in [0.15, 0.2) is 6.20 Å². The molecule has 8 nitrogen and oxygen atoms in total. The average Bonchev–Trinajstić information content (AvgIpc) is 3.09. The van der Waals surface area contributed by atoms with Crippen molar-refractivity contribution in [1.29, 1.82) is 0 Å². The molecule has 2 N–H and O–H groups in total. The molecule has 1 heterocycles. The largest absolute Gasteiger partial charge is 0.480 e. The lowest BCUT2D eigenvalue weighted by molar-refractivity contribution is -0.137. The second kappa shape index (κ2) is 5.79. The van der Waals surface area contributed by atoms with Crippen LogP contribution in [0.4, 0.5) is 0 Å². The molecule has 1 aromatic heterocycles. The number of aliphatic carboxylic acids is 1. The number of aromatic nitrogens is 3. The summed E-state index contributed by atoms with van der Waals surface area (Å²) < 4.78 is 1.12. The first-order valence-electron chi connectivity index (χ1n) is 6.16. The molecular formula is C11H17N5O3. The van der Waals surface area contributed by atoms with Crippen LogP contribution in [0.1, 0.15) is 23.3 Å². The van der Waals surface area contributed by atoms with Crippen molar-refractivity contribution >= 4 is 11.9 Å². The highest BCUT2D eigenvalue weighted by Crippen LogP contribution is 2.24. The predicted octanol–water partition coefficient (Wildman–Crippen LogP) is -0.813. The molecule has 1 fully saturated rings. The van der Waals surface area contributed by atoms with Crippen molar-refractivity contribution < 1.29 is 14.7 Å². The van der Waals surface area contributed by atoms with Crippen LogP contribution in [0.2, 0.25) is 0 Å². The van der Waals surface area contributed by atoms with Crippen LogP contribution in [-0.2, 0) is 11.3 Å². The Balaban J connectivity index is 1.75. The maximum absolute atomic E-state index is 11.7. The van der Waals surface area contributed by atoms with Gasteiger partial charge in [0.2, 0.25) is 0 Å². The zero-order valence-electron chi connectivity index (χ0n) is 10.7. The third-order valence-electron chi connectivity index (χ3n) is 2.99. The Hall–Kier alpha value is -1.96. The predicted molar refractivity (Wildman–Crippen MR) is 65.6 cm³/mol. The number of amides is 1. The number of nitrogens with zero attached hydrogens (tertiary/aromatic N) is 4. The van der Waals surface area contributed by atoms with Gasteiger partial charge < -0.3 is 15.3 Å². The molecule has 0 bridgehead atoms. The summed E-state index contributed by atoms with van der Waals surface area (Å²) in [5.74, 6) is -1.36. The summed E-state index contributed by atoms with van der Waals surface area (Å²) in [6, 6.07) is 0.661. The molecule has 2 rings (SSSR count). The topological polar surface area (TPSA) is 100 Å². The number of carboxylic acid groups (broad SMARTS) is 1. The first-order chi connectivity index (χ1) is 9.06. The first-order valence-corrected chi connectivity index (χ1v) is 6.16. The van der Waals surface area contributed by atoms with Gasteiger partial charge in [-0.15, -0.1) is 5.10 Å². The minimum atomic E-state index is -1.03. The molecule has 0 saturated heterocycles. The van der Waals surface area contributed by atoms with Crippen molar-refractivity contribution in [2.45, 2.75) is 25.4 Å². The zero-order valence-corrected chi connectivity index (χ0v) is 10.7. The summed E-state index contributed by atoms with van der Waals surface area (Å²) in [4.78, 5) is 24.4. The van der Waals surface area contributed by atoms with Crippen LogP contribution in [0.25, 0.3) is 0 Å². The van der Waals surface area contributed by atoms with E-state index in [2.05, 4.69) is 20.5 Å². The number of carbonyl (C=O) groups excluding carboxylic acids is 1. The van der Waals surface area contributed by atoms with E-state index in [0.717, 1.165) is 11.2 Å². The quantitative estimate of drug-likeness (QED) is 0.670. The monoisotopic (exact) mass is 267 g/mol. The number of nitrogens with one attached hydrogen (secondary N) is 1. The van der Waals surface area contributed by atoms with Crippen molar-refractivity contribution in [3.63, 3.8) is 0 Å². The summed E-state index contributed by atoms with van der Waals surface area (Å²) in [5, 5.41) is 18.5. The molecule has 0 radical (unpaired) electrons. The Bertz CT molecular complexity index is 469. The Morgan fingerprint density at radius 2 is 2.32 bits per heavy atom. The standard InChI is InChI=1S/C11H17N5O3/c1-15(8-2-3-8)5-4-12-11(19)9-6-16(14-13-9)7-10(17)18/h6,8H,2-5,7H2,1H3,(H,12,19)(H,17,18). The minimum Gasteiger partial charge on any atom is -0.480 e. The van der Waals surface area contributed by atoms with E-state index < -0.39 is 5.97 Å². The van der Waals surface area contributed by atoms with Gasteiger partial charge in [-0.05, 0) is 19.9 Å². The molecule has 8 heteroatoms. The van der Waals surface area contributed by atoms with E-state index in [1.54, 1.807) is 0 Å². The van der Waals surface area contributed by atoms with Gasteiger partial charge in [-0.1, -0.05) is 5.21 Å². The number of rotatable bonds is 7. The normalized spacial score (nSPS) is 14.6. The first kappa shape index (κ1) is 13.5. The van der Waals surface area contributed by atoms with Crippen molar-refractivity contribution in [3.8, 4) is 0 Å². The smallest absolute Gasteiger partial charge is 0.325 e. The van der Waals surface area contributed by atoms with E-state index in [9.17, 15) is 9.59 Å². The highest BCUT2D eigenvalue weighted by molar-refractivity contribution is 5.91. The molecule has 1 aliphatic carbocycles. The molecule has 0 aromatic carbocycles. The minimum absolute atomic E-state index is 0.135. The van der Waals surface area contributed by atoms with E-state index in [1.807, 2.05) is 7.05 Å². The molecule has 1 amide bonds. The molecule has 0 unspecified atom stereocenters. The van der Waals surface area contributed by atoms with Gasteiger partial charge >= 0.3 is 5.97 Å². The lowest BCUT2D eigenvalue weighted by atomic mass is 10.4. The Kier molecular flexibility index (Phi) is 4.10. The number of hydrogen-bond acceptors (Lipinski definition) is 5. The second-order valence-corrected chi connectivity index (χ2v) is 4.66. The fourth-order valence-corrected chi connectivity index (χ4v) is 1.75. The lowest BCUT2D eigenvalue weighted by Crippen LogP contribution is -2.34. The highest BCUT2D eigenvalue weighted by atomic mass is 16.4. The highest BCUT2D eigenvalue weighted by Gasteiger charge is 2.25. The third kappa shape index (κ3) is 4.02. The Labute approximate surface area is 110 Å². The van der Waals surface area contributed by atoms with E-state index in [1.165, 1.54) is 19.0 Å². The summed E-state index contributed by atoms with van der Waals surface area (Å²) in [7, 11) is 2.03. The number of carbonyl (C=O) groups is 2. The van der Waals surface area contributed by atoms with E-state index in [-0.39, 0.29) is 18.1 Å². The van der Waals surface area contributed by atoms with E-state index >= 15 is 0 Å². The lowest BCUT2D eigenvalue weighted by Gasteiger charge is -2.15. The van der Waals surface area contributed by atoms with Gasteiger partial charge in [-0.2, -0.15) is 0 Å². The summed E-state index contributed by atoms with van der Waals surface area (Å²) in [6.45, 7) is 1.03. The maximum Gasteiger partial charge on any atom is 0.325 e. The van der Waals surface area contributed by atoms with Gasteiger partial charge in [0.15, 0.2) is 5.69 Å². The van der Waals surface area contributed by atoms with Gasteiger partial charge in [-0.3, -0.25) is 9.59 Å². The van der Waals surface area contributed by atoms with Crippen LogP contribution in [0.3, 0.4) is 0 Å². The summed E-state index contributed by atoms with van der Waals surface area (Å²) >= 11 is 0. The van der Waals surface area contributed by atoms with Gasteiger partial charge in [-0.25, -0.2) is 4.68 Å². The van der Waals surface area contributed by atoms with Crippen molar-refractivity contribution in [2.75, 3.05) is 20.1 Å². The van der Waals surface area contributed by atoms with E-state index in [4.69, 9.17) is 5.11 Å². The van der Waals surface area contributed by atoms with Crippen molar-refractivity contribution in [2.24, 2.45) is 0 Å². The Morgan fingerprint density at radius 1 is 1.58 bits per heavy atom. The molecule has 1 aromatic rings. The molecule has 0 atom stereocenters. The fourth-order valence-electron chi connectivity index (χ4n) is 1.75. The van der Waals surface area contributed by atoms with Crippen molar-refractivity contribution in [3.05, 3.63) is 11.9 Å². The number of likely N-dealkylation sites (N-methyl/N-ethyl adjacent to an activating group) is 1. The molecule has 19 heavy (non-hydrogen) atoms. The molecule has 1 aliphatic rings. The van der Waals surface area contributed by atoms with Crippen molar-refractivity contribution in [1.82, 2.24) is 25.2 Å². The summed E-state index contributed by atoms with van der Waals surface area (Å²) in [5.41, 5.74) is 0.135. The van der Waals surface area contributed by atoms with E-state index in [0.29, 0.717) is 12.6 Å². The Morgan fingerprint density at radius 3 is 2.95 bits per heavy atom. The van der Waals surface area contributed by atoms with Crippen LogP contribution < -0.4 is 5.32 Å². The number of hydrogen-bond donors (Lipinski definition) is 2. The fraction of sp³-hybridized carbons (Fsp3) is 0.636. The molecule has 0 spiro atoms. The van der Waals surface area contributed by atoms with Crippen LogP contribution in [-0.4, -0.2) is 63.1 Å². The van der Waals surface area contributed by atoms with Crippen LogP contribution >= 0.6 is 0 Å². The molecule has 104 valence electrons. The molecule has 0 aliphatic heterocycles. The van der Waals surface area contributed by atoms with Gasteiger partial charge in [0.1, 0.15) is 6.54 Å². The SMILES string of the molecule is CN(CCNC(=O)c1cn(CC(=O)O)nn1)C1CC1. The number of carboxylic acids is 1. The third-order valence-corrected chi connectivity index (χ3v) is 2.99. The second-order valence-electron chi connectivity index (χ2n) is 4.66. The van der Waals surface area contributed by atoms with Gasteiger partial charge in [0.25, 0.3) is 5.91 Å². The van der Waals surface area contributed by atoms with Gasteiger partial charge in [0, 0.05) is 19.1 Å². The maximum atomic E-state index is 11.7. The van der Waals surface area contributed by atoms with Crippen LogP contribution in [0, 0.1) is 0 Å². The molecule has 1 saturated carbocycles. The van der Waals surface area contributed by atoms with Crippen LogP contribution in [0.5, 0.6) is 0 Å². The average molecular weight is 267 g/mol. The zero-order chi connectivity index (χ0) is 13.8. The molecular weight excluding hydrogens is 250 g/mol.